The molecule has 0 aromatic rings. The third kappa shape index (κ3) is 7.91. The zero-order chi connectivity index (χ0) is 11.8. The number of halogens is 1. The Morgan fingerprint density at radius 1 is 1.31 bits per heavy atom. The Morgan fingerprint density at radius 3 is 1.75 bits per heavy atom. The van der Waals surface area contributed by atoms with E-state index in [4.69, 9.17) is 10.8 Å². The van der Waals surface area contributed by atoms with Crippen molar-refractivity contribution in [2.45, 2.75) is 39.7 Å². The molecular weight excluding hydrogens is 228 g/mol. The molecule has 0 aromatic heterocycles. The van der Waals surface area contributed by atoms with Crippen molar-refractivity contribution in [1.29, 1.82) is 0 Å². The molecule has 0 aromatic carbocycles. The van der Waals surface area contributed by atoms with E-state index in [1.54, 1.807) is 0 Å². The minimum absolute atomic E-state index is 0. The lowest BCUT2D eigenvalue weighted by Crippen LogP contribution is -2.31. The summed E-state index contributed by atoms with van der Waals surface area (Å²) in [4.78, 5) is 12.4. The van der Waals surface area contributed by atoms with Gasteiger partial charge in [0.25, 0.3) is 0 Å². The van der Waals surface area contributed by atoms with Gasteiger partial charge in [-0.15, -0.1) is 12.4 Å². The Morgan fingerprint density at radius 2 is 1.69 bits per heavy atom. The minimum Gasteiger partial charge on any atom is -0.480 e. The number of rotatable bonds is 5. The van der Waals surface area contributed by atoms with E-state index in [0.29, 0.717) is 0 Å². The second-order valence-electron chi connectivity index (χ2n) is 3.82. The molecule has 4 nitrogen and oxygen atoms in total. The first-order chi connectivity index (χ1) is 7.06. The number of hydrogen-bond acceptors (Lipinski definition) is 3. The zero-order valence-electron chi connectivity index (χ0n) is 10.5. The van der Waals surface area contributed by atoms with Crippen LogP contribution in [0.5, 0.6) is 0 Å². The Labute approximate surface area is 105 Å². The van der Waals surface area contributed by atoms with Crippen LogP contribution in [0.2, 0.25) is 0 Å². The normalized spacial score (nSPS) is 15.8. The molecule has 1 unspecified atom stereocenters. The van der Waals surface area contributed by atoms with Crippen molar-refractivity contribution >= 4 is 18.4 Å². The van der Waals surface area contributed by atoms with Crippen LogP contribution in [-0.4, -0.2) is 41.7 Å². The van der Waals surface area contributed by atoms with Crippen LogP contribution < -0.4 is 5.73 Å². The van der Waals surface area contributed by atoms with Crippen molar-refractivity contribution in [3.63, 3.8) is 0 Å². The summed E-state index contributed by atoms with van der Waals surface area (Å²) in [7, 11) is 0. The third-order valence-corrected chi connectivity index (χ3v) is 2.76. The quantitative estimate of drug-likeness (QED) is 0.780. The highest BCUT2D eigenvalue weighted by atomic mass is 35.5. The second kappa shape index (κ2) is 9.87. The number of aliphatic carboxylic acids is 1. The van der Waals surface area contributed by atoms with Gasteiger partial charge in [-0.25, -0.2) is 0 Å². The fraction of sp³-hybridized carbons (Fsp3) is 0.909. The maximum Gasteiger partial charge on any atom is 0.320 e. The van der Waals surface area contributed by atoms with Gasteiger partial charge in [0.2, 0.25) is 0 Å². The lowest BCUT2D eigenvalue weighted by atomic mass is 10.2. The summed E-state index contributed by atoms with van der Waals surface area (Å²) in [6, 6.07) is -0.602. The molecule has 0 amide bonds. The summed E-state index contributed by atoms with van der Waals surface area (Å²) in [5.41, 5.74) is 5.22. The van der Waals surface area contributed by atoms with Gasteiger partial charge in [-0.2, -0.15) is 0 Å². The Kier molecular flexibility index (Phi) is 11.1. The number of carboxylic acid groups (broad SMARTS) is 1. The molecule has 0 aliphatic heterocycles. The van der Waals surface area contributed by atoms with Crippen LogP contribution in [-0.2, 0) is 4.79 Å². The largest absolute Gasteiger partial charge is 0.480 e. The molecule has 3 N–H and O–H groups in total. The first-order valence-corrected chi connectivity index (χ1v) is 5.77. The predicted molar refractivity (Wildman–Crippen MR) is 69.0 cm³/mol. The van der Waals surface area contributed by atoms with Gasteiger partial charge in [-0.05, 0) is 38.4 Å². The fourth-order valence-corrected chi connectivity index (χ4v) is 1.33. The van der Waals surface area contributed by atoms with Crippen LogP contribution in [0.3, 0.4) is 0 Å². The van der Waals surface area contributed by atoms with Crippen molar-refractivity contribution in [3.8, 4) is 0 Å². The van der Waals surface area contributed by atoms with E-state index in [2.05, 4.69) is 25.7 Å². The third-order valence-electron chi connectivity index (χ3n) is 2.76. The summed E-state index contributed by atoms with van der Waals surface area (Å²) < 4.78 is 0. The lowest BCUT2D eigenvalue weighted by Gasteiger charge is -2.13. The minimum atomic E-state index is -0.868. The highest BCUT2D eigenvalue weighted by molar-refractivity contribution is 5.85. The topological polar surface area (TPSA) is 66.6 Å². The van der Waals surface area contributed by atoms with E-state index >= 15 is 0 Å². The Balaban J connectivity index is 0. The van der Waals surface area contributed by atoms with Crippen molar-refractivity contribution in [1.82, 2.24) is 4.90 Å². The van der Waals surface area contributed by atoms with Gasteiger partial charge >= 0.3 is 5.97 Å². The summed E-state index contributed by atoms with van der Waals surface area (Å²) in [5.74, 6) is -0.597. The molecule has 0 heterocycles. The summed E-state index contributed by atoms with van der Waals surface area (Å²) in [5, 5.41) is 8.27. The van der Waals surface area contributed by atoms with Gasteiger partial charge in [-0.1, -0.05) is 20.8 Å². The number of carbonyl (C=O) groups is 1. The fourth-order valence-electron chi connectivity index (χ4n) is 1.33. The van der Waals surface area contributed by atoms with Gasteiger partial charge in [0.1, 0.15) is 6.04 Å². The van der Waals surface area contributed by atoms with Crippen molar-refractivity contribution in [3.05, 3.63) is 0 Å². The van der Waals surface area contributed by atoms with Gasteiger partial charge < -0.3 is 15.7 Å². The molecule has 0 radical (unpaired) electrons. The van der Waals surface area contributed by atoms with E-state index < -0.39 is 12.0 Å². The molecule has 1 atom stereocenters. The predicted octanol–water partition coefficient (Wildman–Crippen LogP) is 1.58. The summed E-state index contributed by atoms with van der Waals surface area (Å²) in [6.07, 6.45) is 1.99. The van der Waals surface area contributed by atoms with Crippen LogP contribution >= 0.6 is 12.4 Å². The van der Waals surface area contributed by atoms with Gasteiger partial charge in [0.05, 0.1) is 0 Å². The molecular formula is C11H25ClN2O2. The molecule has 1 aliphatic carbocycles. The van der Waals surface area contributed by atoms with E-state index in [1.807, 2.05) is 0 Å². The number of nitrogens with zero attached hydrogens (tertiary/aromatic N) is 1. The summed E-state index contributed by atoms with van der Waals surface area (Å²) in [6.45, 7) is 10.1. The molecule has 0 bridgehead atoms. The molecule has 1 fully saturated rings. The lowest BCUT2D eigenvalue weighted by molar-refractivity contribution is -0.139. The number of hydrogen-bond donors (Lipinski definition) is 2. The monoisotopic (exact) mass is 252 g/mol. The van der Waals surface area contributed by atoms with E-state index in [0.717, 1.165) is 12.8 Å². The van der Waals surface area contributed by atoms with Crippen LogP contribution in [0.15, 0.2) is 0 Å². The Bertz CT molecular complexity index is 177. The molecule has 5 heteroatoms. The highest BCUT2D eigenvalue weighted by Crippen LogP contribution is 2.31. The average molecular weight is 253 g/mol. The molecule has 98 valence electrons. The summed E-state index contributed by atoms with van der Waals surface area (Å²) >= 11 is 0. The van der Waals surface area contributed by atoms with Crippen LogP contribution in [0.25, 0.3) is 0 Å². The van der Waals surface area contributed by atoms with Gasteiger partial charge in [-0.3, -0.25) is 4.79 Å². The van der Waals surface area contributed by atoms with Crippen molar-refractivity contribution in [2.24, 2.45) is 11.7 Å². The molecule has 16 heavy (non-hydrogen) atoms. The maximum atomic E-state index is 10.1. The van der Waals surface area contributed by atoms with Crippen LogP contribution in [0, 0.1) is 5.92 Å². The first-order valence-electron chi connectivity index (χ1n) is 5.77. The standard InChI is InChI=1S/C6H15N.C5H9NO2.ClH/c1-4-7(5-2)6-3;6-4(5(7)8)3-1-2-3;/h4-6H2,1-3H3;3-4H,1-2,6H2,(H,7,8);1H. The SMILES string of the molecule is CCN(CC)CC.Cl.NC(C(=O)O)C1CC1. The van der Waals surface area contributed by atoms with Gasteiger partial charge in [0, 0.05) is 0 Å². The second-order valence-corrected chi connectivity index (χ2v) is 3.82. The molecule has 0 spiro atoms. The maximum absolute atomic E-state index is 10.1. The molecule has 1 aliphatic rings. The zero-order valence-corrected chi connectivity index (χ0v) is 11.3. The van der Waals surface area contributed by atoms with Gasteiger partial charge in [0.15, 0.2) is 0 Å². The number of carboxylic acids is 1. The van der Waals surface area contributed by atoms with Crippen LogP contribution in [0.1, 0.15) is 33.6 Å². The first kappa shape index (κ1) is 18.1. The molecule has 1 rings (SSSR count). The number of nitrogens with two attached hydrogens (primary N) is 1. The van der Waals surface area contributed by atoms with E-state index in [-0.39, 0.29) is 18.3 Å². The van der Waals surface area contributed by atoms with E-state index in [1.165, 1.54) is 19.6 Å². The van der Waals surface area contributed by atoms with Crippen LogP contribution in [0.4, 0.5) is 0 Å². The van der Waals surface area contributed by atoms with Crippen molar-refractivity contribution < 1.29 is 9.90 Å². The average Bonchev–Trinajstić information content (AvgIpc) is 3.03. The molecule has 1 saturated carbocycles. The highest BCUT2D eigenvalue weighted by Gasteiger charge is 2.32. The Hall–Kier alpha value is -0.320. The van der Waals surface area contributed by atoms with Crippen molar-refractivity contribution in [2.75, 3.05) is 19.6 Å². The molecule has 0 saturated heterocycles. The van der Waals surface area contributed by atoms with E-state index in [9.17, 15) is 4.79 Å². The smallest absolute Gasteiger partial charge is 0.320 e.